The summed E-state index contributed by atoms with van der Waals surface area (Å²) in [5.41, 5.74) is 12.5. The predicted octanol–water partition coefficient (Wildman–Crippen LogP) is 0.581. The third kappa shape index (κ3) is 2.10. The third-order valence-corrected chi connectivity index (χ3v) is 13.0. The second-order valence-corrected chi connectivity index (χ2v) is 16.0. The van der Waals surface area contributed by atoms with Gasteiger partial charge in [-0.05, 0) is 113 Å². The van der Waals surface area contributed by atoms with Crippen LogP contribution in [0.1, 0.15) is 41.5 Å². The fraction of sp³-hybridized carbons (Fsp3) is 0.857. The zero-order chi connectivity index (χ0) is 29.1. The quantitative estimate of drug-likeness (QED) is 0.260. The van der Waals surface area contributed by atoms with Gasteiger partial charge in [0.2, 0.25) is 0 Å². The molecule has 0 radical (unpaired) electrons. The van der Waals surface area contributed by atoms with Crippen LogP contribution in [0.5, 0.6) is 0 Å². The van der Waals surface area contributed by atoms with Gasteiger partial charge in [-0.1, -0.05) is 0 Å². The summed E-state index contributed by atoms with van der Waals surface area (Å²) in [5, 5.41) is 21.1. The first-order valence-corrected chi connectivity index (χ1v) is 14.4. The maximum atomic E-state index is 11.9. The third-order valence-electron chi connectivity index (χ3n) is 13.0. The number of nitrogens with two attached hydrogens (primary N) is 2. The molecule has 40 heavy (non-hydrogen) atoms. The van der Waals surface area contributed by atoms with Gasteiger partial charge < -0.3 is 41.8 Å². The number of nitrogens with one attached hydrogen (secondary N) is 2. The van der Waals surface area contributed by atoms with Crippen LogP contribution in [0.4, 0.5) is 9.59 Å². The first-order chi connectivity index (χ1) is 18.3. The maximum Gasteiger partial charge on any atom is 0.414 e. The highest BCUT2D eigenvalue weighted by Crippen LogP contribution is 3.03. The van der Waals surface area contributed by atoms with Crippen LogP contribution in [0.3, 0.4) is 0 Å². The minimum atomic E-state index is -1.82. The Morgan fingerprint density at radius 3 is 0.950 bits per heavy atom. The summed E-state index contributed by atoms with van der Waals surface area (Å²) in [6, 6.07) is 0. The molecule has 0 aromatic rings. The van der Waals surface area contributed by atoms with Crippen molar-refractivity contribution in [1.82, 2.24) is 10.6 Å². The molecule has 12 rings (SSSR count). The number of carboxylic acid groups (broad SMARTS) is 2. The number of ether oxygens (including phenoxy) is 2. The van der Waals surface area contributed by atoms with Crippen molar-refractivity contribution in [3.63, 3.8) is 0 Å². The molecular formula is C28H38N4O8. The molecule has 12 saturated carbocycles. The van der Waals surface area contributed by atoms with Gasteiger partial charge in [-0.25, -0.2) is 19.2 Å². The number of rotatable bonds is 2. The fourth-order valence-corrected chi connectivity index (χ4v) is 12.7. The van der Waals surface area contributed by atoms with Gasteiger partial charge in [-0.3, -0.25) is 0 Å². The van der Waals surface area contributed by atoms with Crippen LogP contribution in [0.15, 0.2) is 0 Å². The number of carboxylic acids is 2. The SMILES string of the molecule is CC(C)(C)OC(=O)NC12C3C4C1C1C2C3C41N.CC(C)(C)OC(=O)NC12C3C4C1C1C2C3C41N.O=C(O)C(=O)O. The fourth-order valence-electron chi connectivity index (χ4n) is 12.7. The summed E-state index contributed by atoms with van der Waals surface area (Å²) in [5.74, 6) is 4.92. The van der Waals surface area contributed by atoms with E-state index in [0.717, 1.165) is 35.5 Å². The Morgan fingerprint density at radius 2 is 0.775 bits per heavy atom. The summed E-state index contributed by atoms with van der Waals surface area (Å²) in [7, 11) is 0. The lowest BCUT2D eigenvalue weighted by Gasteiger charge is -3.10. The van der Waals surface area contributed by atoms with Crippen LogP contribution in [0, 0.1) is 71.0 Å². The molecular weight excluding hydrogens is 520 g/mol. The predicted molar refractivity (Wildman–Crippen MR) is 135 cm³/mol. The molecule has 0 aromatic heterocycles. The van der Waals surface area contributed by atoms with E-state index in [1.165, 1.54) is 0 Å². The van der Waals surface area contributed by atoms with Crippen LogP contribution in [0.25, 0.3) is 0 Å². The van der Waals surface area contributed by atoms with E-state index in [0.29, 0.717) is 35.5 Å². The summed E-state index contributed by atoms with van der Waals surface area (Å²) in [4.78, 5) is 41.9. The van der Waals surface area contributed by atoms with Gasteiger partial charge in [0.15, 0.2) is 0 Å². The first-order valence-electron chi connectivity index (χ1n) is 14.4. The van der Waals surface area contributed by atoms with E-state index in [1.54, 1.807) is 0 Å². The Morgan fingerprint density at radius 1 is 0.550 bits per heavy atom. The van der Waals surface area contributed by atoms with Gasteiger partial charge in [-0.15, -0.1) is 0 Å². The molecule has 0 bridgehead atoms. The minimum absolute atomic E-state index is 0.128. The van der Waals surface area contributed by atoms with Crippen molar-refractivity contribution < 1.29 is 38.9 Å². The summed E-state index contributed by atoms with van der Waals surface area (Å²) in [6.07, 6.45) is -0.474. The maximum absolute atomic E-state index is 11.9. The number of carbonyl (C=O) groups is 4. The molecule has 218 valence electrons. The Labute approximate surface area is 231 Å². The van der Waals surface area contributed by atoms with Crippen molar-refractivity contribution in [2.24, 2.45) is 82.5 Å². The van der Waals surface area contributed by atoms with Crippen LogP contribution < -0.4 is 22.1 Å². The lowest BCUT2D eigenvalue weighted by atomic mass is 8.96. The van der Waals surface area contributed by atoms with E-state index >= 15 is 0 Å². The van der Waals surface area contributed by atoms with Crippen molar-refractivity contribution in [1.29, 1.82) is 0 Å². The molecule has 0 heterocycles. The largest absolute Gasteiger partial charge is 0.473 e. The second-order valence-electron chi connectivity index (χ2n) is 16.0. The van der Waals surface area contributed by atoms with Gasteiger partial charge in [0, 0.05) is 11.1 Å². The molecule has 12 nitrogen and oxygen atoms in total. The molecule has 12 heteroatoms. The Balaban J connectivity index is 0.000000103. The van der Waals surface area contributed by atoms with E-state index < -0.39 is 23.1 Å². The minimum Gasteiger partial charge on any atom is -0.473 e. The lowest BCUT2D eigenvalue weighted by molar-refractivity contribution is -0.584. The molecule has 2 amide bonds. The van der Waals surface area contributed by atoms with Crippen molar-refractivity contribution in [3.8, 4) is 0 Å². The molecule has 0 aliphatic heterocycles. The topological polar surface area (TPSA) is 203 Å². The van der Waals surface area contributed by atoms with Gasteiger partial charge in [0.1, 0.15) is 11.2 Å². The molecule has 0 unspecified atom stereocenters. The average Bonchev–Trinajstić information content (AvgIpc) is 2.82. The zero-order valence-corrected chi connectivity index (χ0v) is 23.4. The highest BCUT2D eigenvalue weighted by molar-refractivity contribution is 6.27. The van der Waals surface area contributed by atoms with Crippen molar-refractivity contribution in [2.75, 3.05) is 0 Å². The average molecular weight is 559 g/mol. The standard InChI is InChI=1S/2C13H18N2O2.C2H2O4/c2*1-11(2,3)17-10(16)15-13-7-4-8(13)6-9(13)5(7)12(4,6)14;3-1(4)2(5)6/h2*4-9H,14H2,1-3H3,(H,15,16);(H,3,4)(H,5,6). The number of alkyl carbamates (subject to hydrolysis) is 2. The molecule has 12 aliphatic rings. The number of carbonyl (C=O) groups excluding carboxylic acids is 2. The Kier molecular flexibility index (Phi) is 3.93. The molecule has 0 atom stereocenters. The Hall–Kier alpha value is -2.60. The molecule has 0 saturated heterocycles. The van der Waals surface area contributed by atoms with E-state index in [-0.39, 0.29) is 34.3 Å². The molecule has 12 aliphatic carbocycles. The summed E-state index contributed by atoms with van der Waals surface area (Å²) >= 11 is 0. The highest BCUT2D eigenvalue weighted by atomic mass is 16.6. The van der Waals surface area contributed by atoms with E-state index in [9.17, 15) is 9.59 Å². The number of aliphatic carboxylic acids is 2. The summed E-state index contributed by atoms with van der Waals surface area (Å²) in [6.45, 7) is 11.4. The zero-order valence-electron chi connectivity index (χ0n) is 23.4. The molecule has 0 spiro atoms. The monoisotopic (exact) mass is 558 g/mol. The van der Waals surface area contributed by atoms with Gasteiger partial charge >= 0.3 is 24.1 Å². The van der Waals surface area contributed by atoms with Crippen molar-refractivity contribution in [3.05, 3.63) is 0 Å². The first kappa shape index (κ1) is 25.1. The van der Waals surface area contributed by atoms with E-state index in [2.05, 4.69) is 10.6 Å². The molecule has 8 N–H and O–H groups in total. The number of hydrogen-bond donors (Lipinski definition) is 6. The highest BCUT2D eigenvalue weighted by Gasteiger charge is 3.10. The van der Waals surface area contributed by atoms with E-state index in [4.69, 9.17) is 40.7 Å². The smallest absolute Gasteiger partial charge is 0.414 e. The van der Waals surface area contributed by atoms with Crippen LogP contribution in [0.2, 0.25) is 0 Å². The van der Waals surface area contributed by atoms with Gasteiger partial charge in [0.05, 0.1) is 11.1 Å². The second kappa shape index (κ2) is 6.25. The van der Waals surface area contributed by atoms with Crippen molar-refractivity contribution >= 4 is 24.1 Å². The summed E-state index contributed by atoms with van der Waals surface area (Å²) < 4.78 is 10.7. The van der Waals surface area contributed by atoms with Gasteiger partial charge in [0.25, 0.3) is 0 Å². The van der Waals surface area contributed by atoms with Crippen LogP contribution >= 0.6 is 0 Å². The number of hydrogen-bond acceptors (Lipinski definition) is 8. The normalized spacial score (nSPS) is 57.5. The Bertz CT molecular complexity index is 1120. The lowest BCUT2D eigenvalue weighted by Crippen LogP contribution is -3.19. The van der Waals surface area contributed by atoms with Gasteiger partial charge in [-0.2, -0.15) is 0 Å². The molecule has 0 aromatic carbocycles. The van der Waals surface area contributed by atoms with E-state index in [1.807, 2.05) is 41.5 Å². The van der Waals surface area contributed by atoms with Crippen molar-refractivity contribution in [2.45, 2.75) is 74.9 Å². The van der Waals surface area contributed by atoms with Crippen LogP contribution in [-0.2, 0) is 19.1 Å². The molecule has 12 fully saturated rings. The number of amides is 2. The van der Waals surface area contributed by atoms with Crippen LogP contribution in [-0.4, -0.2) is 67.7 Å².